The van der Waals surface area contributed by atoms with E-state index in [1.54, 1.807) is 6.07 Å². The van der Waals surface area contributed by atoms with Gasteiger partial charge in [-0.3, -0.25) is 9.59 Å². The molecule has 0 fully saturated rings. The number of nitriles is 1. The largest absolute Gasteiger partial charge is 0.481 e. The smallest absolute Gasteiger partial charge is 0.326 e. The van der Waals surface area contributed by atoms with Gasteiger partial charge in [0.15, 0.2) is 0 Å². The Morgan fingerprint density at radius 1 is 1.27 bits per heavy atom. The van der Waals surface area contributed by atoms with E-state index in [4.69, 9.17) is 15.5 Å². The van der Waals surface area contributed by atoms with Gasteiger partial charge in [-0.1, -0.05) is 13.8 Å². The van der Waals surface area contributed by atoms with Gasteiger partial charge in [0, 0.05) is 19.2 Å². The van der Waals surface area contributed by atoms with E-state index < -0.39 is 23.9 Å². The number of carboxylic acids is 2. The Labute approximate surface area is 128 Å². The van der Waals surface area contributed by atoms with Gasteiger partial charge >= 0.3 is 11.9 Å². The SMILES string of the molecule is CC(C)CC(NC(=O)/C(C#N)=C\NCCCC(=O)O)C(=O)O. The number of amides is 1. The number of aliphatic carboxylic acids is 2. The van der Waals surface area contributed by atoms with Crippen LogP contribution in [0.5, 0.6) is 0 Å². The highest BCUT2D eigenvalue weighted by molar-refractivity contribution is 5.99. The van der Waals surface area contributed by atoms with Crippen molar-refractivity contribution in [2.75, 3.05) is 6.54 Å². The molecule has 8 heteroatoms. The molecule has 1 atom stereocenters. The topological polar surface area (TPSA) is 140 Å². The molecule has 0 aromatic carbocycles. The molecule has 8 nitrogen and oxygen atoms in total. The zero-order valence-corrected chi connectivity index (χ0v) is 12.6. The van der Waals surface area contributed by atoms with Crippen molar-refractivity contribution >= 4 is 17.8 Å². The molecule has 0 radical (unpaired) electrons. The highest BCUT2D eigenvalue weighted by atomic mass is 16.4. The van der Waals surface area contributed by atoms with Crippen LogP contribution in [0, 0.1) is 17.2 Å². The predicted octanol–water partition coefficient (Wildman–Crippen LogP) is 0.464. The predicted molar refractivity (Wildman–Crippen MR) is 77.6 cm³/mol. The lowest BCUT2D eigenvalue weighted by molar-refractivity contribution is -0.141. The lowest BCUT2D eigenvalue weighted by Gasteiger charge is -2.16. The molecule has 0 spiro atoms. The number of carboxylic acid groups (broad SMARTS) is 2. The molecule has 1 unspecified atom stereocenters. The van der Waals surface area contributed by atoms with Gasteiger partial charge in [0.25, 0.3) is 5.91 Å². The summed E-state index contributed by atoms with van der Waals surface area (Å²) in [7, 11) is 0. The zero-order chi connectivity index (χ0) is 17.1. The first-order chi connectivity index (χ1) is 10.3. The molecule has 0 aromatic heterocycles. The van der Waals surface area contributed by atoms with Crippen LogP contribution in [0.25, 0.3) is 0 Å². The summed E-state index contributed by atoms with van der Waals surface area (Å²) in [4.78, 5) is 33.2. The Balaban J connectivity index is 4.53. The van der Waals surface area contributed by atoms with E-state index in [0.717, 1.165) is 6.20 Å². The van der Waals surface area contributed by atoms with Crippen LogP contribution in [0.2, 0.25) is 0 Å². The molecule has 0 saturated heterocycles. The fourth-order valence-electron chi connectivity index (χ4n) is 1.59. The Hall–Kier alpha value is -2.56. The first-order valence-electron chi connectivity index (χ1n) is 6.87. The van der Waals surface area contributed by atoms with Crippen molar-refractivity contribution in [1.82, 2.24) is 10.6 Å². The maximum absolute atomic E-state index is 11.8. The fraction of sp³-hybridized carbons (Fsp3) is 0.571. The number of carbonyl (C=O) groups is 3. The lowest BCUT2D eigenvalue weighted by Crippen LogP contribution is -2.42. The Morgan fingerprint density at radius 2 is 1.91 bits per heavy atom. The minimum absolute atomic E-state index is 0.0234. The maximum Gasteiger partial charge on any atom is 0.326 e. The van der Waals surface area contributed by atoms with Crippen LogP contribution in [0.1, 0.15) is 33.1 Å². The molecule has 0 heterocycles. The summed E-state index contributed by atoms with van der Waals surface area (Å²) < 4.78 is 0. The van der Waals surface area contributed by atoms with Gasteiger partial charge in [-0.25, -0.2) is 4.79 Å². The minimum Gasteiger partial charge on any atom is -0.481 e. The molecule has 0 aliphatic carbocycles. The lowest BCUT2D eigenvalue weighted by atomic mass is 10.0. The number of nitrogens with zero attached hydrogens (tertiary/aromatic N) is 1. The number of carbonyl (C=O) groups excluding carboxylic acids is 1. The summed E-state index contributed by atoms with van der Waals surface area (Å²) in [5.74, 6) is -2.79. The molecule has 0 bridgehead atoms. The molecule has 0 aromatic rings. The molecule has 0 aliphatic heterocycles. The molecule has 0 rings (SSSR count). The normalized spacial score (nSPS) is 12.4. The van der Waals surface area contributed by atoms with Crippen LogP contribution in [-0.2, 0) is 14.4 Å². The third kappa shape index (κ3) is 8.58. The summed E-state index contributed by atoms with van der Waals surface area (Å²) in [5.41, 5.74) is -0.259. The summed E-state index contributed by atoms with van der Waals surface area (Å²) in [6.07, 6.45) is 1.74. The summed E-state index contributed by atoms with van der Waals surface area (Å²) in [5, 5.41) is 31.4. The first kappa shape index (κ1) is 19.4. The fourth-order valence-corrected chi connectivity index (χ4v) is 1.59. The number of hydrogen-bond donors (Lipinski definition) is 4. The van der Waals surface area contributed by atoms with Crippen molar-refractivity contribution in [3.05, 3.63) is 11.8 Å². The van der Waals surface area contributed by atoms with Gasteiger partial charge in [0.1, 0.15) is 17.7 Å². The summed E-state index contributed by atoms with van der Waals surface area (Å²) >= 11 is 0. The van der Waals surface area contributed by atoms with Crippen molar-refractivity contribution < 1.29 is 24.6 Å². The second-order valence-electron chi connectivity index (χ2n) is 5.12. The average molecular weight is 311 g/mol. The summed E-state index contributed by atoms with van der Waals surface area (Å²) in [6, 6.07) is 0.617. The first-order valence-corrected chi connectivity index (χ1v) is 6.87. The monoisotopic (exact) mass is 311 g/mol. The molecule has 0 aliphatic rings. The average Bonchev–Trinajstić information content (AvgIpc) is 2.40. The van der Waals surface area contributed by atoms with Crippen molar-refractivity contribution in [3.63, 3.8) is 0 Å². The summed E-state index contributed by atoms with van der Waals surface area (Å²) in [6.45, 7) is 3.94. The standard InChI is InChI=1S/C14H21N3O5/c1-9(2)6-11(14(21)22)17-13(20)10(7-15)8-16-5-3-4-12(18)19/h8-9,11,16H,3-6H2,1-2H3,(H,17,20)(H,18,19)(H,21,22)/b10-8-. The van der Waals surface area contributed by atoms with Crippen LogP contribution in [0.3, 0.4) is 0 Å². The van der Waals surface area contributed by atoms with Gasteiger partial charge in [0.2, 0.25) is 0 Å². The number of nitrogens with one attached hydrogen (secondary N) is 2. The third-order valence-electron chi connectivity index (χ3n) is 2.63. The van der Waals surface area contributed by atoms with E-state index in [-0.39, 0.29) is 24.3 Å². The van der Waals surface area contributed by atoms with Gasteiger partial charge in [0.05, 0.1) is 0 Å². The van der Waals surface area contributed by atoms with E-state index in [9.17, 15) is 14.4 Å². The molecule has 22 heavy (non-hydrogen) atoms. The third-order valence-corrected chi connectivity index (χ3v) is 2.63. The van der Waals surface area contributed by atoms with Gasteiger partial charge in [-0.05, 0) is 18.8 Å². The molecular formula is C14H21N3O5. The molecule has 4 N–H and O–H groups in total. The van der Waals surface area contributed by atoms with E-state index in [0.29, 0.717) is 13.0 Å². The van der Waals surface area contributed by atoms with E-state index in [1.807, 2.05) is 13.8 Å². The second kappa shape index (κ2) is 10.2. The second-order valence-corrected chi connectivity index (χ2v) is 5.12. The van der Waals surface area contributed by atoms with Crippen LogP contribution in [0.15, 0.2) is 11.8 Å². The van der Waals surface area contributed by atoms with Gasteiger partial charge in [-0.2, -0.15) is 5.26 Å². The molecular weight excluding hydrogens is 290 g/mol. The Bertz CT molecular complexity index is 479. The molecule has 122 valence electrons. The van der Waals surface area contributed by atoms with Gasteiger partial charge < -0.3 is 20.8 Å². The molecule has 0 saturated carbocycles. The van der Waals surface area contributed by atoms with E-state index >= 15 is 0 Å². The van der Waals surface area contributed by atoms with E-state index in [1.165, 1.54) is 0 Å². The zero-order valence-electron chi connectivity index (χ0n) is 12.6. The maximum atomic E-state index is 11.8. The Kier molecular flexibility index (Phi) is 9.02. The number of hydrogen-bond acceptors (Lipinski definition) is 5. The van der Waals surface area contributed by atoms with Gasteiger partial charge in [-0.15, -0.1) is 0 Å². The number of rotatable bonds is 10. The van der Waals surface area contributed by atoms with Crippen LogP contribution in [-0.4, -0.2) is 40.6 Å². The van der Waals surface area contributed by atoms with Crippen molar-refractivity contribution in [3.8, 4) is 6.07 Å². The quantitative estimate of drug-likeness (QED) is 0.261. The van der Waals surface area contributed by atoms with Crippen molar-refractivity contribution in [2.45, 2.75) is 39.2 Å². The van der Waals surface area contributed by atoms with Crippen molar-refractivity contribution in [2.24, 2.45) is 5.92 Å². The van der Waals surface area contributed by atoms with Crippen LogP contribution >= 0.6 is 0 Å². The highest BCUT2D eigenvalue weighted by Crippen LogP contribution is 2.06. The minimum atomic E-state index is -1.16. The van der Waals surface area contributed by atoms with Crippen LogP contribution in [0.4, 0.5) is 0 Å². The van der Waals surface area contributed by atoms with Crippen LogP contribution < -0.4 is 10.6 Å². The van der Waals surface area contributed by atoms with Crippen molar-refractivity contribution in [1.29, 1.82) is 5.26 Å². The highest BCUT2D eigenvalue weighted by Gasteiger charge is 2.22. The van der Waals surface area contributed by atoms with E-state index in [2.05, 4.69) is 10.6 Å². The molecule has 1 amide bonds. The Morgan fingerprint density at radius 3 is 2.36 bits per heavy atom.